The normalized spacial score (nSPS) is 13.2. The molecule has 0 aliphatic heterocycles. The molecular formula is C20H28N4O4. The molecule has 0 aliphatic carbocycles. The van der Waals surface area contributed by atoms with E-state index in [-0.39, 0.29) is 24.2 Å². The van der Waals surface area contributed by atoms with Crippen molar-refractivity contribution in [1.29, 1.82) is 0 Å². The van der Waals surface area contributed by atoms with Crippen molar-refractivity contribution >= 4 is 28.6 Å². The summed E-state index contributed by atoms with van der Waals surface area (Å²) in [4.78, 5) is 39.9. The van der Waals surface area contributed by atoms with E-state index in [1.807, 2.05) is 44.2 Å². The number of hydrogen-bond donors (Lipinski definition) is 5. The van der Waals surface area contributed by atoms with Gasteiger partial charge in [-0.05, 0) is 29.9 Å². The summed E-state index contributed by atoms with van der Waals surface area (Å²) < 4.78 is 0. The Morgan fingerprint density at radius 2 is 1.86 bits per heavy atom. The molecule has 28 heavy (non-hydrogen) atoms. The molecule has 2 aromatic rings. The monoisotopic (exact) mass is 388 g/mol. The molecule has 0 aliphatic rings. The smallest absolute Gasteiger partial charge is 0.244 e. The highest BCUT2D eigenvalue weighted by Crippen LogP contribution is 2.18. The Kier molecular flexibility index (Phi) is 7.57. The summed E-state index contributed by atoms with van der Waals surface area (Å²) in [6.07, 6.45) is 0.611. The van der Waals surface area contributed by atoms with E-state index in [1.165, 1.54) is 7.05 Å². The minimum absolute atomic E-state index is 0.145. The zero-order chi connectivity index (χ0) is 20.7. The molecule has 2 rings (SSSR count). The molecule has 0 saturated carbocycles. The van der Waals surface area contributed by atoms with Crippen LogP contribution in [0.25, 0.3) is 10.9 Å². The second kappa shape index (κ2) is 9.89. The number of likely N-dealkylation sites (N-methyl/N-ethyl adjacent to an activating group) is 1. The summed E-state index contributed by atoms with van der Waals surface area (Å²) in [6, 6.07) is 8.93. The van der Waals surface area contributed by atoms with Gasteiger partial charge in [0.2, 0.25) is 17.7 Å². The van der Waals surface area contributed by atoms with Crippen LogP contribution in [0.2, 0.25) is 0 Å². The SMILES string of the molecule is CNC(=O)C(Cc1cc2ccccc2[nH]1)NC(=O)C(CC(=O)NO)CC(C)C. The summed E-state index contributed by atoms with van der Waals surface area (Å²) in [6.45, 7) is 3.88. The van der Waals surface area contributed by atoms with Crippen LogP contribution in [0.1, 0.15) is 32.4 Å². The minimum atomic E-state index is -0.780. The number of rotatable bonds is 9. The number of H-pyrrole nitrogens is 1. The standard InChI is InChI=1S/C20H28N4O4/c1-12(2)8-14(10-18(25)24-28)19(26)23-17(20(27)21-3)11-15-9-13-6-4-5-7-16(13)22-15/h4-7,9,12,14,17,22,28H,8,10-11H2,1-3H3,(H,21,27)(H,23,26)(H,24,25). The van der Waals surface area contributed by atoms with Crippen LogP contribution in [0.5, 0.6) is 0 Å². The lowest BCUT2D eigenvalue weighted by molar-refractivity contribution is -0.136. The summed E-state index contributed by atoms with van der Waals surface area (Å²) in [5.74, 6) is -1.80. The highest BCUT2D eigenvalue weighted by Gasteiger charge is 2.28. The van der Waals surface area contributed by atoms with E-state index in [0.717, 1.165) is 16.6 Å². The number of carbonyl (C=O) groups excluding carboxylic acids is 3. The first-order chi connectivity index (χ1) is 13.3. The zero-order valence-corrected chi connectivity index (χ0v) is 16.4. The zero-order valence-electron chi connectivity index (χ0n) is 16.4. The van der Waals surface area contributed by atoms with Gasteiger partial charge in [0.1, 0.15) is 6.04 Å². The fourth-order valence-electron chi connectivity index (χ4n) is 3.26. The molecule has 5 N–H and O–H groups in total. The van der Waals surface area contributed by atoms with E-state index in [2.05, 4.69) is 15.6 Å². The second-order valence-corrected chi connectivity index (χ2v) is 7.33. The highest BCUT2D eigenvalue weighted by atomic mass is 16.5. The van der Waals surface area contributed by atoms with Crippen LogP contribution in [-0.4, -0.2) is 41.0 Å². The van der Waals surface area contributed by atoms with E-state index in [9.17, 15) is 14.4 Å². The first-order valence-corrected chi connectivity index (χ1v) is 9.35. The third kappa shape index (κ3) is 5.82. The van der Waals surface area contributed by atoms with E-state index in [1.54, 1.807) is 5.48 Å². The maximum absolute atomic E-state index is 12.8. The Morgan fingerprint density at radius 1 is 1.14 bits per heavy atom. The summed E-state index contributed by atoms with van der Waals surface area (Å²) in [5.41, 5.74) is 3.34. The topological polar surface area (TPSA) is 123 Å². The largest absolute Gasteiger partial charge is 0.358 e. The van der Waals surface area contributed by atoms with Crippen LogP contribution in [0, 0.1) is 11.8 Å². The number of hydrogen-bond acceptors (Lipinski definition) is 4. The molecule has 2 atom stereocenters. The van der Waals surface area contributed by atoms with Crippen LogP contribution in [0.4, 0.5) is 0 Å². The van der Waals surface area contributed by atoms with Crippen molar-refractivity contribution < 1.29 is 19.6 Å². The number of carbonyl (C=O) groups is 3. The molecule has 0 saturated heterocycles. The predicted molar refractivity (Wildman–Crippen MR) is 105 cm³/mol. The quantitative estimate of drug-likeness (QED) is 0.330. The third-order valence-electron chi connectivity index (χ3n) is 4.57. The fraction of sp³-hybridized carbons (Fsp3) is 0.450. The molecule has 8 nitrogen and oxygen atoms in total. The lowest BCUT2D eigenvalue weighted by atomic mass is 9.92. The molecule has 0 spiro atoms. The number of aromatic amines is 1. The molecule has 0 fully saturated rings. The van der Waals surface area contributed by atoms with Gasteiger partial charge in [-0.3, -0.25) is 19.6 Å². The van der Waals surface area contributed by atoms with Crippen molar-refractivity contribution in [3.05, 3.63) is 36.0 Å². The number of fused-ring (bicyclic) bond motifs is 1. The maximum Gasteiger partial charge on any atom is 0.244 e. The lowest BCUT2D eigenvalue weighted by Gasteiger charge is -2.22. The number of para-hydroxylation sites is 1. The van der Waals surface area contributed by atoms with Crippen LogP contribution >= 0.6 is 0 Å². The predicted octanol–water partition coefficient (Wildman–Crippen LogP) is 1.50. The molecule has 1 aromatic heterocycles. The van der Waals surface area contributed by atoms with Gasteiger partial charge < -0.3 is 15.6 Å². The summed E-state index contributed by atoms with van der Waals surface area (Å²) >= 11 is 0. The molecule has 0 bridgehead atoms. The molecule has 8 heteroatoms. The molecule has 0 radical (unpaired) electrons. The lowest BCUT2D eigenvalue weighted by Crippen LogP contribution is -2.49. The van der Waals surface area contributed by atoms with Gasteiger partial charge in [0.05, 0.1) is 0 Å². The second-order valence-electron chi connectivity index (χ2n) is 7.33. The van der Waals surface area contributed by atoms with Crippen LogP contribution in [0.3, 0.4) is 0 Å². The van der Waals surface area contributed by atoms with E-state index < -0.39 is 17.9 Å². The first-order valence-electron chi connectivity index (χ1n) is 9.35. The first kappa shape index (κ1) is 21.4. The Morgan fingerprint density at radius 3 is 2.46 bits per heavy atom. The van der Waals surface area contributed by atoms with Crippen molar-refractivity contribution in [1.82, 2.24) is 21.1 Å². The van der Waals surface area contributed by atoms with Crippen molar-refractivity contribution in [3.63, 3.8) is 0 Å². The number of aromatic nitrogens is 1. The van der Waals surface area contributed by atoms with Gasteiger partial charge in [-0.2, -0.15) is 0 Å². The average Bonchev–Trinajstić information content (AvgIpc) is 3.08. The number of amides is 3. The molecule has 2 unspecified atom stereocenters. The Hall–Kier alpha value is -2.87. The van der Waals surface area contributed by atoms with Gasteiger partial charge in [0, 0.05) is 37.0 Å². The van der Waals surface area contributed by atoms with Gasteiger partial charge >= 0.3 is 0 Å². The average molecular weight is 388 g/mol. The highest BCUT2D eigenvalue weighted by molar-refractivity contribution is 5.90. The van der Waals surface area contributed by atoms with Gasteiger partial charge in [-0.25, -0.2) is 5.48 Å². The van der Waals surface area contributed by atoms with Crippen molar-refractivity contribution in [2.45, 2.75) is 39.2 Å². The Labute approximate surface area is 164 Å². The van der Waals surface area contributed by atoms with Crippen molar-refractivity contribution in [3.8, 4) is 0 Å². The number of nitrogens with one attached hydrogen (secondary N) is 4. The Bertz CT molecular complexity index is 797. The molecular weight excluding hydrogens is 360 g/mol. The van der Waals surface area contributed by atoms with Gasteiger partial charge in [-0.1, -0.05) is 32.0 Å². The van der Waals surface area contributed by atoms with Crippen LogP contribution < -0.4 is 16.1 Å². The molecule has 1 aromatic carbocycles. The molecule has 3 amide bonds. The van der Waals surface area contributed by atoms with Crippen LogP contribution in [-0.2, 0) is 20.8 Å². The molecule has 1 heterocycles. The fourth-order valence-corrected chi connectivity index (χ4v) is 3.26. The number of hydroxylamine groups is 1. The Balaban J connectivity index is 2.15. The maximum atomic E-state index is 12.8. The third-order valence-corrected chi connectivity index (χ3v) is 4.57. The van der Waals surface area contributed by atoms with E-state index in [4.69, 9.17) is 5.21 Å². The van der Waals surface area contributed by atoms with E-state index >= 15 is 0 Å². The van der Waals surface area contributed by atoms with Crippen molar-refractivity contribution in [2.75, 3.05) is 7.05 Å². The minimum Gasteiger partial charge on any atom is -0.358 e. The van der Waals surface area contributed by atoms with Gasteiger partial charge in [-0.15, -0.1) is 0 Å². The summed E-state index contributed by atoms with van der Waals surface area (Å²) in [5, 5.41) is 15.1. The molecule has 152 valence electrons. The van der Waals surface area contributed by atoms with Gasteiger partial charge in [0.25, 0.3) is 0 Å². The van der Waals surface area contributed by atoms with Gasteiger partial charge in [0.15, 0.2) is 0 Å². The van der Waals surface area contributed by atoms with E-state index in [0.29, 0.717) is 12.8 Å². The van der Waals surface area contributed by atoms with Crippen LogP contribution in [0.15, 0.2) is 30.3 Å². The number of benzene rings is 1. The summed E-state index contributed by atoms with van der Waals surface area (Å²) in [7, 11) is 1.51. The van der Waals surface area contributed by atoms with Crippen molar-refractivity contribution in [2.24, 2.45) is 11.8 Å².